The van der Waals surface area contributed by atoms with E-state index in [0.29, 0.717) is 30.4 Å². The van der Waals surface area contributed by atoms with E-state index in [1.165, 1.54) is 5.56 Å². The summed E-state index contributed by atoms with van der Waals surface area (Å²) in [5.41, 5.74) is 5.48. The third-order valence-electron chi connectivity index (χ3n) is 4.51. The molecule has 0 aliphatic heterocycles. The second-order valence-electron chi connectivity index (χ2n) is 7.08. The Balaban J connectivity index is 1.72. The zero-order valence-corrected chi connectivity index (χ0v) is 17.9. The lowest BCUT2D eigenvalue weighted by atomic mass is 10.0. The summed E-state index contributed by atoms with van der Waals surface area (Å²) in [5.74, 6) is 0.926. The maximum Gasteiger partial charge on any atom is 0.249 e. The summed E-state index contributed by atoms with van der Waals surface area (Å²) in [6.45, 7) is 4.66. The minimum absolute atomic E-state index is 0.282. The van der Waals surface area contributed by atoms with Crippen LogP contribution in [0.25, 0.3) is 0 Å². The van der Waals surface area contributed by atoms with E-state index < -0.39 is 5.91 Å². The van der Waals surface area contributed by atoms with Gasteiger partial charge < -0.3 is 14.8 Å². The molecule has 0 aromatic heterocycles. The minimum atomic E-state index is -0.464. The molecule has 0 fully saturated rings. The maximum atomic E-state index is 11.9. The van der Waals surface area contributed by atoms with Gasteiger partial charge in [-0.05, 0) is 41.2 Å². The van der Waals surface area contributed by atoms with E-state index in [2.05, 4.69) is 29.7 Å². The normalized spacial score (nSPS) is 10.8. The second-order valence-corrected chi connectivity index (χ2v) is 7.08. The molecule has 0 atom stereocenters. The van der Waals surface area contributed by atoms with Gasteiger partial charge in [-0.2, -0.15) is 5.10 Å². The smallest absolute Gasteiger partial charge is 0.249 e. The topological polar surface area (TPSA) is 89.0 Å². The van der Waals surface area contributed by atoms with Gasteiger partial charge in [0.15, 0.2) is 11.5 Å². The summed E-state index contributed by atoms with van der Waals surface area (Å²) >= 11 is 0. The molecule has 2 amide bonds. The van der Waals surface area contributed by atoms with Crippen molar-refractivity contribution in [2.45, 2.75) is 32.6 Å². The average Bonchev–Trinajstić information content (AvgIpc) is 2.73. The summed E-state index contributed by atoms with van der Waals surface area (Å²) in [6.07, 6.45) is 1.88. The molecule has 2 rings (SSSR count). The number of benzene rings is 2. The van der Waals surface area contributed by atoms with E-state index in [9.17, 15) is 9.59 Å². The van der Waals surface area contributed by atoms with Crippen LogP contribution < -0.4 is 20.2 Å². The van der Waals surface area contributed by atoms with Crippen LogP contribution in [-0.4, -0.2) is 38.8 Å². The van der Waals surface area contributed by atoms with Gasteiger partial charge in [-0.3, -0.25) is 9.59 Å². The molecule has 0 aliphatic rings. The largest absolute Gasteiger partial charge is 0.493 e. The lowest BCUT2D eigenvalue weighted by Crippen LogP contribution is -2.31. The number of amides is 2. The van der Waals surface area contributed by atoms with Gasteiger partial charge in [-0.25, -0.2) is 5.43 Å². The highest BCUT2D eigenvalue weighted by Gasteiger charge is 2.09. The number of hydrazone groups is 1. The maximum absolute atomic E-state index is 11.9. The number of carbonyl (C=O) groups is 2. The molecular weight excluding hydrogens is 382 g/mol. The number of hydrogen-bond acceptors (Lipinski definition) is 5. The summed E-state index contributed by atoms with van der Waals surface area (Å²) in [7, 11) is 3.15. The zero-order valence-electron chi connectivity index (χ0n) is 17.9. The third kappa shape index (κ3) is 7.24. The predicted octanol–water partition coefficient (Wildman–Crippen LogP) is 3.03. The molecule has 0 saturated heterocycles. The molecule has 0 aliphatic carbocycles. The SMILES string of the molecule is COc1ccc(CCNC(=O)CC(=O)N/N=C/c2ccc(C(C)C)cc2)cc1OC. The number of ether oxygens (including phenoxy) is 2. The van der Waals surface area contributed by atoms with Crippen molar-refractivity contribution in [3.05, 3.63) is 59.2 Å². The van der Waals surface area contributed by atoms with E-state index in [-0.39, 0.29) is 12.3 Å². The number of nitrogens with zero attached hydrogens (tertiary/aromatic N) is 1. The molecule has 0 saturated carbocycles. The third-order valence-corrected chi connectivity index (χ3v) is 4.51. The van der Waals surface area contributed by atoms with E-state index in [4.69, 9.17) is 9.47 Å². The van der Waals surface area contributed by atoms with Gasteiger partial charge in [-0.15, -0.1) is 0 Å². The number of carbonyl (C=O) groups excluding carboxylic acids is 2. The van der Waals surface area contributed by atoms with Crippen LogP contribution in [0.15, 0.2) is 47.6 Å². The molecule has 0 spiro atoms. The zero-order chi connectivity index (χ0) is 21.9. The Labute approximate surface area is 177 Å². The second kappa shape index (κ2) is 11.6. The Morgan fingerprint density at radius 1 is 1.00 bits per heavy atom. The first-order valence-corrected chi connectivity index (χ1v) is 9.82. The standard InChI is InChI=1S/C23H29N3O4/c1-16(2)19-8-5-18(6-9-19)15-25-26-23(28)14-22(27)24-12-11-17-7-10-20(29-3)21(13-17)30-4/h5-10,13,15-16H,11-12,14H2,1-4H3,(H,24,27)(H,26,28)/b25-15+. The summed E-state index contributed by atoms with van der Waals surface area (Å²) in [6, 6.07) is 13.5. The summed E-state index contributed by atoms with van der Waals surface area (Å²) in [4.78, 5) is 23.8. The monoisotopic (exact) mass is 411 g/mol. The van der Waals surface area contributed by atoms with Crippen LogP contribution in [0.4, 0.5) is 0 Å². The summed E-state index contributed by atoms with van der Waals surface area (Å²) < 4.78 is 10.5. The Hall–Kier alpha value is -3.35. The molecule has 2 N–H and O–H groups in total. The Morgan fingerprint density at radius 3 is 2.33 bits per heavy atom. The first kappa shape index (κ1) is 22.9. The fourth-order valence-electron chi connectivity index (χ4n) is 2.78. The number of rotatable bonds is 10. The Kier molecular flexibility index (Phi) is 8.87. The summed E-state index contributed by atoms with van der Waals surface area (Å²) in [5, 5.41) is 6.63. The molecule has 0 heterocycles. The van der Waals surface area contributed by atoms with Crippen molar-refractivity contribution < 1.29 is 19.1 Å². The van der Waals surface area contributed by atoms with Crippen LogP contribution >= 0.6 is 0 Å². The van der Waals surface area contributed by atoms with E-state index in [0.717, 1.165) is 11.1 Å². The molecule has 160 valence electrons. The Morgan fingerprint density at radius 2 is 1.70 bits per heavy atom. The molecule has 0 unspecified atom stereocenters. The molecule has 30 heavy (non-hydrogen) atoms. The van der Waals surface area contributed by atoms with Crippen molar-refractivity contribution in [2.24, 2.45) is 5.10 Å². The number of methoxy groups -OCH3 is 2. The fraction of sp³-hybridized carbons (Fsp3) is 0.348. The van der Waals surface area contributed by atoms with Gasteiger partial charge in [0, 0.05) is 6.54 Å². The highest BCUT2D eigenvalue weighted by Crippen LogP contribution is 2.27. The van der Waals surface area contributed by atoms with E-state index in [1.54, 1.807) is 20.4 Å². The van der Waals surface area contributed by atoms with Crippen LogP contribution in [0.3, 0.4) is 0 Å². The van der Waals surface area contributed by atoms with Crippen LogP contribution in [-0.2, 0) is 16.0 Å². The average molecular weight is 412 g/mol. The van der Waals surface area contributed by atoms with E-state index >= 15 is 0 Å². The first-order chi connectivity index (χ1) is 14.4. The predicted molar refractivity (Wildman–Crippen MR) is 117 cm³/mol. The van der Waals surface area contributed by atoms with Gasteiger partial charge in [0.2, 0.25) is 11.8 Å². The van der Waals surface area contributed by atoms with Gasteiger partial charge in [0.05, 0.1) is 20.4 Å². The highest BCUT2D eigenvalue weighted by molar-refractivity contribution is 5.97. The number of hydrogen-bond donors (Lipinski definition) is 2. The van der Waals surface area contributed by atoms with Crippen LogP contribution in [0.5, 0.6) is 11.5 Å². The first-order valence-electron chi connectivity index (χ1n) is 9.82. The molecule has 2 aromatic rings. The van der Waals surface area contributed by atoms with Crippen molar-refractivity contribution in [2.75, 3.05) is 20.8 Å². The quantitative estimate of drug-likeness (QED) is 0.357. The van der Waals surface area contributed by atoms with Crippen LogP contribution in [0.2, 0.25) is 0 Å². The highest BCUT2D eigenvalue weighted by atomic mass is 16.5. The lowest BCUT2D eigenvalue weighted by molar-refractivity contribution is -0.129. The van der Waals surface area contributed by atoms with Gasteiger partial charge >= 0.3 is 0 Å². The molecule has 2 aromatic carbocycles. The minimum Gasteiger partial charge on any atom is -0.493 e. The molecule has 7 nitrogen and oxygen atoms in total. The van der Waals surface area contributed by atoms with Crippen LogP contribution in [0, 0.1) is 0 Å². The Bertz CT molecular complexity index is 877. The van der Waals surface area contributed by atoms with Gasteiger partial charge in [-0.1, -0.05) is 44.2 Å². The number of nitrogens with one attached hydrogen (secondary N) is 2. The molecule has 7 heteroatoms. The molecule has 0 radical (unpaired) electrons. The van der Waals surface area contributed by atoms with Crippen LogP contribution in [0.1, 0.15) is 42.9 Å². The van der Waals surface area contributed by atoms with Crippen molar-refractivity contribution in [3.8, 4) is 11.5 Å². The fourth-order valence-corrected chi connectivity index (χ4v) is 2.78. The lowest BCUT2D eigenvalue weighted by Gasteiger charge is -2.10. The molecular formula is C23H29N3O4. The van der Waals surface area contributed by atoms with Crippen molar-refractivity contribution in [1.82, 2.24) is 10.7 Å². The van der Waals surface area contributed by atoms with Gasteiger partial charge in [0.1, 0.15) is 6.42 Å². The van der Waals surface area contributed by atoms with Crippen molar-refractivity contribution >= 4 is 18.0 Å². The van der Waals surface area contributed by atoms with Crippen molar-refractivity contribution in [1.29, 1.82) is 0 Å². The van der Waals surface area contributed by atoms with Crippen molar-refractivity contribution in [3.63, 3.8) is 0 Å². The van der Waals surface area contributed by atoms with Gasteiger partial charge in [0.25, 0.3) is 0 Å². The van der Waals surface area contributed by atoms with E-state index in [1.807, 2.05) is 42.5 Å². The molecule has 0 bridgehead atoms.